The monoisotopic (exact) mass is 197 g/mol. The largest absolute Gasteiger partial charge is 0.354 e. The average Bonchev–Trinajstić information content (AvgIpc) is 2.50. The Balaban J connectivity index is 1.76. The zero-order chi connectivity index (χ0) is 10.0. The van der Waals surface area contributed by atoms with Crippen LogP contribution in [0, 0.1) is 5.92 Å². The van der Waals surface area contributed by atoms with Crippen LogP contribution in [0.1, 0.15) is 19.8 Å². The van der Waals surface area contributed by atoms with Crippen LogP contribution in [0.15, 0.2) is 0 Å². The topological polar surface area (TPSA) is 53.2 Å². The minimum atomic E-state index is -0.308. The first-order valence-electron chi connectivity index (χ1n) is 5.45. The fourth-order valence-electron chi connectivity index (χ4n) is 2.01. The van der Waals surface area contributed by atoms with E-state index in [2.05, 4.69) is 16.0 Å². The summed E-state index contributed by atoms with van der Waals surface area (Å²) in [5.74, 6) is 0.811. The van der Waals surface area contributed by atoms with Gasteiger partial charge in [-0.3, -0.25) is 4.79 Å². The Bertz CT molecular complexity index is 219. The predicted molar refractivity (Wildman–Crippen MR) is 55.0 cm³/mol. The number of amides is 1. The SMILES string of the molecule is CC1(C(=O)NCC2CNC2)CCCN1. The zero-order valence-corrected chi connectivity index (χ0v) is 8.73. The normalized spacial score (nSPS) is 32.6. The second-order valence-electron chi connectivity index (χ2n) is 4.60. The Kier molecular flexibility index (Phi) is 2.74. The van der Waals surface area contributed by atoms with Gasteiger partial charge in [0.25, 0.3) is 0 Å². The molecule has 2 rings (SSSR count). The minimum absolute atomic E-state index is 0.168. The van der Waals surface area contributed by atoms with E-state index in [4.69, 9.17) is 0 Å². The van der Waals surface area contributed by atoms with E-state index in [1.165, 1.54) is 0 Å². The molecule has 14 heavy (non-hydrogen) atoms. The molecule has 1 unspecified atom stereocenters. The van der Waals surface area contributed by atoms with Crippen molar-refractivity contribution in [1.82, 2.24) is 16.0 Å². The Morgan fingerprint density at radius 2 is 2.36 bits per heavy atom. The summed E-state index contributed by atoms with van der Waals surface area (Å²) in [6.45, 7) is 5.88. The molecule has 0 bridgehead atoms. The molecule has 0 aromatic carbocycles. The standard InChI is InChI=1S/C10H19N3O/c1-10(3-2-4-13-10)9(14)12-7-8-5-11-6-8/h8,11,13H,2-7H2,1H3,(H,12,14). The molecule has 1 atom stereocenters. The van der Waals surface area contributed by atoms with E-state index >= 15 is 0 Å². The second-order valence-corrected chi connectivity index (χ2v) is 4.60. The molecule has 4 heteroatoms. The molecule has 0 aromatic rings. The maximum absolute atomic E-state index is 11.8. The van der Waals surface area contributed by atoms with Crippen molar-refractivity contribution in [1.29, 1.82) is 0 Å². The first kappa shape index (κ1) is 9.93. The summed E-state index contributed by atoms with van der Waals surface area (Å²) < 4.78 is 0. The molecule has 0 saturated carbocycles. The van der Waals surface area contributed by atoms with Crippen LogP contribution < -0.4 is 16.0 Å². The van der Waals surface area contributed by atoms with Crippen LogP contribution in [0.2, 0.25) is 0 Å². The summed E-state index contributed by atoms with van der Waals surface area (Å²) in [5, 5.41) is 9.49. The van der Waals surface area contributed by atoms with Crippen LogP contribution in [0.4, 0.5) is 0 Å². The summed E-state index contributed by atoms with van der Waals surface area (Å²) in [5.41, 5.74) is -0.308. The first-order valence-corrected chi connectivity index (χ1v) is 5.45. The second kappa shape index (κ2) is 3.87. The Morgan fingerprint density at radius 1 is 1.57 bits per heavy atom. The summed E-state index contributed by atoms with van der Waals surface area (Å²) in [6, 6.07) is 0. The fourth-order valence-corrected chi connectivity index (χ4v) is 2.01. The average molecular weight is 197 g/mol. The summed E-state index contributed by atoms with van der Waals surface area (Å²) in [4.78, 5) is 11.8. The molecule has 3 N–H and O–H groups in total. The van der Waals surface area contributed by atoms with Crippen LogP contribution in [0.5, 0.6) is 0 Å². The van der Waals surface area contributed by atoms with Gasteiger partial charge in [0.15, 0.2) is 0 Å². The molecule has 4 nitrogen and oxygen atoms in total. The number of hydrogen-bond acceptors (Lipinski definition) is 3. The summed E-state index contributed by atoms with van der Waals surface area (Å²) >= 11 is 0. The predicted octanol–water partition coefficient (Wildman–Crippen LogP) is -0.536. The lowest BCUT2D eigenvalue weighted by Gasteiger charge is -2.29. The minimum Gasteiger partial charge on any atom is -0.354 e. The highest BCUT2D eigenvalue weighted by Crippen LogP contribution is 2.18. The van der Waals surface area contributed by atoms with Crippen molar-refractivity contribution in [3.8, 4) is 0 Å². The molecule has 0 aromatic heterocycles. The fraction of sp³-hybridized carbons (Fsp3) is 0.900. The van der Waals surface area contributed by atoms with E-state index in [-0.39, 0.29) is 11.4 Å². The maximum atomic E-state index is 11.8. The van der Waals surface area contributed by atoms with Gasteiger partial charge < -0.3 is 16.0 Å². The van der Waals surface area contributed by atoms with Crippen LogP contribution in [0.25, 0.3) is 0 Å². The Morgan fingerprint density at radius 3 is 2.86 bits per heavy atom. The number of carbonyl (C=O) groups is 1. The zero-order valence-electron chi connectivity index (χ0n) is 8.73. The lowest BCUT2D eigenvalue weighted by atomic mass is 9.98. The lowest BCUT2D eigenvalue weighted by Crippen LogP contribution is -2.55. The van der Waals surface area contributed by atoms with Crippen molar-refractivity contribution in [2.45, 2.75) is 25.3 Å². The van der Waals surface area contributed by atoms with E-state index in [1.54, 1.807) is 0 Å². The number of hydrogen-bond donors (Lipinski definition) is 3. The van der Waals surface area contributed by atoms with Gasteiger partial charge in [0.2, 0.25) is 5.91 Å². The molecular formula is C10H19N3O. The van der Waals surface area contributed by atoms with Gasteiger partial charge in [-0.1, -0.05) is 0 Å². The van der Waals surface area contributed by atoms with Crippen molar-refractivity contribution in [3.63, 3.8) is 0 Å². The third-order valence-corrected chi connectivity index (χ3v) is 3.29. The Labute approximate surface area is 84.8 Å². The maximum Gasteiger partial charge on any atom is 0.240 e. The molecule has 1 amide bonds. The van der Waals surface area contributed by atoms with Gasteiger partial charge in [-0.05, 0) is 26.3 Å². The van der Waals surface area contributed by atoms with Crippen molar-refractivity contribution < 1.29 is 4.79 Å². The van der Waals surface area contributed by atoms with Crippen molar-refractivity contribution in [2.75, 3.05) is 26.2 Å². The van der Waals surface area contributed by atoms with Crippen molar-refractivity contribution in [2.24, 2.45) is 5.92 Å². The number of nitrogens with one attached hydrogen (secondary N) is 3. The number of rotatable bonds is 3. The molecule has 0 radical (unpaired) electrons. The van der Waals surface area contributed by atoms with E-state index in [0.717, 1.165) is 39.0 Å². The smallest absolute Gasteiger partial charge is 0.240 e. The first-order chi connectivity index (χ1) is 6.71. The highest BCUT2D eigenvalue weighted by atomic mass is 16.2. The number of carbonyl (C=O) groups excluding carboxylic acids is 1. The van der Waals surface area contributed by atoms with Crippen LogP contribution in [-0.4, -0.2) is 37.6 Å². The van der Waals surface area contributed by atoms with Gasteiger partial charge in [-0.25, -0.2) is 0 Å². The van der Waals surface area contributed by atoms with E-state index in [0.29, 0.717) is 5.92 Å². The van der Waals surface area contributed by atoms with Gasteiger partial charge in [0, 0.05) is 25.6 Å². The molecule has 2 heterocycles. The van der Waals surface area contributed by atoms with Gasteiger partial charge >= 0.3 is 0 Å². The molecule has 80 valence electrons. The molecule has 2 fully saturated rings. The molecule has 2 aliphatic heterocycles. The molecule has 2 saturated heterocycles. The van der Waals surface area contributed by atoms with Crippen LogP contribution >= 0.6 is 0 Å². The van der Waals surface area contributed by atoms with Crippen molar-refractivity contribution in [3.05, 3.63) is 0 Å². The lowest BCUT2D eigenvalue weighted by molar-refractivity contribution is -0.126. The van der Waals surface area contributed by atoms with Crippen LogP contribution in [0.3, 0.4) is 0 Å². The van der Waals surface area contributed by atoms with Gasteiger partial charge in [-0.2, -0.15) is 0 Å². The van der Waals surface area contributed by atoms with Crippen LogP contribution in [-0.2, 0) is 4.79 Å². The van der Waals surface area contributed by atoms with E-state index < -0.39 is 0 Å². The summed E-state index contributed by atoms with van der Waals surface area (Å²) in [6.07, 6.45) is 2.07. The van der Waals surface area contributed by atoms with Gasteiger partial charge in [0.05, 0.1) is 5.54 Å². The van der Waals surface area contributed by atoms with Crippen molar-refractivity contribution >= 4 is 5.91 Å². The Hall–Kier alpha value is -0.610. The third-order valence-electron chi connectivity index (χ3n) is 3.29. The highest BCUT2D eigenvalue weighted by Gasteiger charge is 2.35. The van der Waals surface area contributed by atoms with Gasteiger partial charge in [-0.15, -0.1) is 0 Å². The van der Waals surface area contributed by atoms with E-state index in [9.17, 15) is 4.79 Å². The molecule has 2 aliphatic rings. The van der Waals surface area contributed by atoms with E-state index in [1.807, 2.05) is 6.92 Å². The summed E-state index contributed by atoms with van der Waals surface area (Å²) in [7, 11) is 0. The third kappa shape index (κ3) is 1.91. The van der Waals surface area contributed by atoms with Gasteiger partial charge in [0.1, 0.15) is 0 Å². The molecule has 0 aliphatic carbocycles. The molecular weight excluding hydrogens is 178 g/mol. The quantitative estimate of drug-likeness (QED) is 0.570. The molecule has 0 spiro atoms. The highest BCUT2D eigenvalue weighted by molar-refractivity contribution is 5.86.